The summed E-state index contributed by atoms with van der Waals surface area (Å²) in [6.45, 7) is 7.03. The molecular formula is C17H25NO3. The van der Waals surface area contributed by atoms with Gasteiger partial charge in [0.05, 0.1) is 12.7 Å². The van der Waals surface area contributed by atoms with Crippen molar-refractivity contribution in [2.24, 2.45) is 0 Å². The Bertz CT molecular complexity index is 463. The second-order valence-electron chi connectivity index (χ2n) is 5.06. The van der Waals surface area contributed by atoms with Crippen molar-refractivity contribution in [2.75, 3.05) is 40.0 Å². The Morgan fingerprint density at radius 1 is 1.24 bits per heavy atom. The van der Waals surface area contributed by atoms with E-state index in [1.54, 1.807) is 0 Å². The molecule has 4 nitrogen and oxygen atoms in total. The number of aliphatic hydroxyl groups excluding tert-OH is 1. The highest BCUT2D eigenvalue weighted by Crippen LogP contribution is 2.12. The van der Waals surface area contributed by atoms with Crippen LogP contribution in [0.25, 0.3) is 0 Å². The summed E-state index contributed by atoms with van der Waals surface area (Å²) in [5, 5.41) is 8.68. The first kappa shape index (κ1) is 17.5. The minimum Gasteiger partial charge on any atom is -0.492 e. The fraction of sp³-hybridized carbons (Fsp3) is 0.529. The van der Waals surface area contributed by atoms with Crippen molar-refractivity contribution in [1.82, 2.24) is 4.90 Å². The minimum atomic E-state index is -0.131. The van der Waals surface area contributed by atoms with E-state index in [0.29, 0.717) is 6.61 Å². The van der Waals surface area contributed by atoms with Crippen LogP contribution in [-0.4, -0.2) is 56.1 Å². The lowest BCUT2D eigenvalue weighted by atomic mass is 10.2. The Kier molecular flexibility index (Phi) is 8.53. The van der Waals surface area contributed by atoms with Gasteiger partial charge in [-0.05, 0) is 39.1 Å². The summed E-state index contributed by atoms with van der Waals surface area (Å²) in [7, 11) is 2.05. The van der Waals surface area contributed by atoms with E-state index < -0.39 is 0 Å². The average molecular weight is 291 g/mol. The molecular weight excluding hydrogens is 266 g/mol. The van der Waals surface area contributed by atoms with E-state index in [9.17, 15) is 0 Å². The number of likely N-dealkylation sites (N-methyl/N-ethyl adjacent to an activating group) is 1. The van der Waals surface area contributed by atoms with Crippen LogP contribution in [-0.2, 0) is 4.74 Å². The second kappa shape index (κ2) is 10.2. The molecule has 0 aromatic heterocycles. The molecule has 0 aliphatic heterocycles. The molecule has 0 unspecified atom stereocenters. The van der Waals surface area contributed by atoms with E-state index in [2.05, 4.69) is 23.8 Å². The lowest BCUT2D eigenvalue weighted by molar-refractivity contribution is 0.0616. The highest BCUT2D eigenvalue weighted by Gasteiger charge is 2.01. The predicted molar refractivity (Wildman–Crippen MR) is 84.5 cm³/mol. The smallest absolute Gasteiger partial charge is 0.120 e. The molecule has 21 heavy (non-hydrogen) atoms. The van der Waals surface area contributed by atoms with Crippen LogP contribution in [0.4, 0.5) is 0 Å². The highest BCUT2D eigenvalue weighted by atomic mass is 16.5. The fourth-order valence-electron chi connectivity index (χ4n) is 1.68. The van der Waals surface area contributed by atoms with Gasteiger partial charge in [-0.15, -0.1) is 0 Å². The van der Waals surface area contributed by atoms with Crippen molar-refractivity contribution < 1.29 is 14.6 Å². The van der Waals surface area contributed by atoms with Gasteiger partial charge in [0.15, 0.2) is 0 Å². The Labute approximate surface area is 127 Å². The van der Waals surface area contributed by atoms with Gasteiger partial charge in [0.2, 0.25) is 0 Å². The van der Waals surface area contributed by atoms with Crippen molar-refractivity contribution in [1.29, 1.82) is 0 Å². The van der Waals surface area contributed by atoms with E-state index in [1.807, 2.05) is 38.1 Å². The molecule has 0 saturated heterocycles. The van der Waals surface area contributed by atoms with Crippen LogP contribution < -0.4 is 4.74 Å². The predicted octanol–water partition coefficient (Wildman–Crippen LogP) is 1.77. The van der Waals surface area contributed by atoms with Crippen LogP contribution >= 0.6 is 0 Å². The molecule has 0 amide bonds. The molecule has 0 spiro atoms. The van der Waals surface area contributed by atoms with Gasteiger partial charge in [-0.2, -0.15) is 0 Å². The maximum atomic E-state index is 8.68. The number of rotatable bonds is 8. The highest BCUT2D eigenvalue weighted by molar-refractivity contribution is 5.39. The number of aliphatic hydroxyl groups is 1. The summed E-state index contributed by atoms with van der Waals surface area (Å²) in [5.74, 6) is 6.29. The molecule has 1 aromatic carbocycles. The van der Waals surface area contributed by atoms with E-state index in [0.717, 1.165) is 31.0 Å². The molecule has 1 rings (SSSR count). The molecule has 0 bridgehead atoms. The van der Waals surface area contributed by atoms with Crippen molar-refractivity contribution in [3.05, 3.63) is 29.8 Å². The maximum Gasteiger partial charge on any atom is 0.120 e. The maximum absolute atomic E-state index is 8.68. The lowest BCUT2D eigenvalue weighted by Gasteiger charge is -2.17. The second-order valence-corrected chi connectivity index (χ2v) is 5.06. The standard InChI is InChI=1S/C17H25NO3/c1-15(2)20-12-9-18(3)10-13-21-17-8-4-6-16(14-17)7-5-11-19/h4,6,8,14-15,19H,9-13H2,1-3H3. The zero-order valence-corrected chi connectivity index (χ0v) is 13.1. The molecule has 0 heterocycles. The van der Waals surface area contributed by atoms with Crippen LogP contribution in [0.2, 0.25) is 0 Å². The fourth-order valence-corrected chi connectivity index (χ4v) is 1.68. The van der Waals surface area contributed by atoms with E-state index >= 15 is 0 Å². The quantitative estimate of drug-likeness (QED) is 0.741. The van der Waals surface area contributed by atoms with Crippen molar-refractivity contribution >= 4 is 0 Å². The summed E-state index contributed by atoms with van der Waals surface area (Å²) in [6, 6.07) is 7.58. The first-order valence-corrected chi connectivity index (χ1v) is 7.24. The zero-order valence-electron chi connectivity index (χ0n) is 13.1. The van der Waals surface area contributed by atoms with Gasteiger partial charge in [-0.1, -0.05) is 17.9 Å². The third-order valence-electron chi connectivity index (χ3n) is 2.81. The minimum absolute atomic E-state index is 0.131. The van der Waals surface area contributed by atoms with Gasteiger partial charge >= 0.3 is 0 Å². The monoisotopic (exact) mass is 291 g/mol. The summed E-state index contributed by atoms with van der Waals surface area (Å²) in [6.07, 6.45) is 0.275. The van der Waals surface area contributed by atoms with Gasteiger partial charge in [-0.3, -0.25) is 0 Å². The number of benzene rings is 1. The summed E-state index contributed by atoms with van der Waals surface area (Å²) in [5.41, 5.74) is 0.847. The van der Waals surface area contributed by atoms with Gasteiger partial charge in [-0.25, -0.2) is 0 Å². The van der Waals surface area contributed by atoms with Crippen LogP contribution in [0, 0.1) is 11.8 Å². The Balaban J connectivity index is 2.28. The third-order valence-corrected chi connectivity index (χ3v) is 2.81. The first-order chi connectivity index (χ1) is 10.1. The SMILES string of the molecule is CC(C)OCCN(C)CCOc1cccc(C#CCO)c1. The largest absolute Gasteiger partial charge is 0.492 e. The number of hydrogen-bond donors (Lipinski definition) is 1. The lowest BCUT2D eigenvalue weighted by Crippen LogP contribution is -2.28. The molecule has 116 valence electrons. The molecule has 4 heteroatoms. The first-order valence-electron chi connectivity index (χ1n) is 7.24. The summed E-state index contributed by atoms with van der Waals surface area (Å²) in [4.78, 5) is 2.18. The van der Waals surface area contributed by atoms with E-state index in [4.69, 9.17) is 14.6 Å². The van der Waals surface area contributed by atoms with Crippen LogP contribution in [0.1, 0.15) is 19.4 Å². The number of ether oxygens (including phenoxy) is 2. The van der Waals surface area contributed by atoms with Crippen molar-refractivity contribution in [2.45, 2.75) is 20.0 Å². The molecule has 0 aliphatic carbocycles. The van der Waals surface area contributed by atoms with E-state index in [1.165, 1.54) is 0 Å². The molecule has 1 aromatic rings. The topological polar surface area (TPSA) is 41.9 Å². The zero-order chi connectivity index (χ0) is 15.5. The van der Waals surface area contributed by atoms with Gasteiger partial charge in [0.1, 0.15) is 19.0 Å². The van der Waals surface area contributed by atoms with Gasteiger partial charge in [0, 0.05) is 18.7 Å². The van der Waals surface area contributed by atoms with Crippen molar-refractivity contribution in [3.63, 3.8) is 0 Å². The molecule has 1 N–H and O–H groups in total. The van der Waals surface area contributed by atoms with Crippen LogP contribution in [0.3, 0.4) is 0 Å². The average Bonchev–Trinajstić information content (AvgIpc) is 2.45. The van der Waals surface area contributed by atoms with E-state index in [-0.39, 0.29) is 12.7 Å². The number of hydrogen-bond acceptors (Lipinski definition) is 4. The van der Waals surface area contributed by atoms with Gasteiger partial charge < -0.3 is 19.5 Å². The Morgan fingerprint density at radius 2 is 2.00 bits per heavy atom. The normalized spacial score (nSPS) is 10.6. The Morgan fingerprint density at radius 3 is 2.71 bits per heavy atom. The molecule has 0 atom stereocenters. The molecule has 0 fully saturated rings. The number of nitrogens with zero attached hydrogens (tertiary/aromatic N) is 1. The third kappa shape index (κ3) is 8.36. The van der Waals surface area contributed by atoms with Crippen LogP contribution in [0.5, 0.6) is 5.75 Å². The van der Waals surface area contributed by atoms with Crippen LogP contribution in [0.15, 0.2) is 24.3 Å². The molecule has 0 saturated carbocycles. The summed E-state index contributed by atoms with van der Waals surface area (Å²) < 4.78 is 11.2. The summed E-state index contributed by atoms with van der Waals surface area (Å²) >= 11 is 0. The Hall–Kier alpha value is -1.54. The van der Waals surface area contributed by atoms with Crippen molar-refractivity contribution in [3.8, 4) is 17.6 Å². The molecule has 0 aliphatic rings. The molecule has 0 radical (unpaired) electrons. The van der Waals surface area contributed by atoms with Gasteiger partial charge in [0.25, 0.3) is 0 Å².